The van der Waals surface area contributed by atoms with Gasteiger partial charge in [-0.25, -0.2) is 9.78 Å². The van der Waals surface area contributed by atoms with Crippen LogP contribution in [-0.2, 0) is 16.5 Å². The molecule has 1 aliphatic rings. The van der Waals surface area contributed by atoms with Crippen LogP contribution in [0.3, 0.4) is 0 Å². The third-order valence-corrected chi connectivity index (χ3v) is 5.95. The molecule has 0 unspecified atom stereocenters. The lowest BCUT2D eigenvalue weighted by atomic mass is 9.95. The second-order valence-corrected chi connectivity index (χ2v) is 8.55. The Bertz CT molecular complexity index is 1170. The van der Waals surface area contributed by atoms with Crippen LogP contribution in [0.25, 0.3) is 11.1 Å². The average molecular weight is 475 g/mol. The van der Waals surface area contributed by atoms with E-state index in [1.165, 1.54) is 15.8 Å². The molecule has 176 valence electrons. The lowest BCUT2D eigenvalue weighted by Gasteiger charge is -2.39. The standard InChI is InChI=1S/C23H27ClN4O5/c1-5-16-10-15(9-13(3)32-16)28(23(30)31-6-2)20-19-17(7-8-18(24)26-19)33-22(20)21(29)14-11-25-27(4)12-14/h7-8,11-13,15-16H,5-6,9-10H2,1-4H3/t13-,15+,16+/m1/s1. The molecular formula is C23H27ClN4O5. The molecular weight excluding hydrogens is 448 g/mol. The van der Waals surface area contributed by atoms with Crippen molar-refractivity contribution in [1.29, 1.82) is 0 Å². The molecule has 1 aliphatic heterocycles. The summed E-state index contributed by atoms with van der Waals surface area (Å²) in [6.07, 6.45) is 4.35. The van der Waals surface area contributed by atoms with Crippen molar-refractivity contribution in [3.8, 4) is 0 Å². The molecule has 3 atom stereocenters. The van der Waals surface area contributed by atoms with Gasteiger partial charge in [0, 0.05) is 19.3 Å². The van der Waals surface area contributed by atoms with Crippen molar-refractivity contribution in [2.75, 3.05) is 11.5 Å². The van der Waals surface area contributed by atoms with E-state index >= 15 is 0 Å². The summed E-state index contributed by atoms with van der Waals surface area (Å²) in [5.41, 5.74) is 1.27. The number of fused-ring (bicyclic) bond motifs is 1. The SMILES string of the molecule is CCOC(=O)N(c1c(C(=O)c2cnn(C)c2)oc2ccc(Cl)nc12)[C@@H]1C[C@H](CC)O[C@H](C)C1. The monoisotopic (exact) mass is 474 g/mol. The number of carbonyl (C=O) groups is 2. The molecule has 0 bridgehead atoms. The maximum Gasteiger partial charge on any atom is 0.414 e. The van der Waals surface area contributed by atoms with E-state index in [0.29, 0.717) is 29.5 Å². The van der Waals surface area contributed by atoms with Gasteiger partial charge in [-0.1, -0.05) is 18.5 Å². The highest BCUT2D eigenvalue weighted by atomic mass is 35.5. The van der Waals surface area contributed by atoms with Crippen LogP contribution in [0.4, 0.5) is 10.5 Å². The number of hydrogen-bond acceptors (Lipinski definition) is 7. The summed E-state index contributed by atoms with van der Waals surface area (Å²) in [5.74, 6) is -0.415. The summed E-state index contributed by atoms with van der Waals surface area (Å²) in [4.78, 5) is 32.7. The first-order valence-corrected chi connectivity index (χ1v) is 11.4. The van der Waals surface area contributed by atoms with Gasteiger partial charge in [0.15, 0.2) is 5.58 Å². The molecule has 0 aliphatic carbocycles. The fraction of sp³-hybridized carbons (Fsp3) is 0.478. The van der Waals surface area contributed by atoms with Gasteiger partial charge in [0.1, 0.15) is 16.4 Å². The number of pyridine rings is 1. The molecule has 10 heteroatoms. The van der Waals surface area contributed by atoms with Gasteiger partial charge in [0.05, 0.1) is 30.6 Å². The highest BCUT2D eigenvalue weighted by Gasteiger charge is 2.39. The van der Waals surface area contributed by atoms with Gasteiger partial charge < -0.3 is 13.9 Å². The fourth-order valence-electron chi connectivity index (χ4n) is 4.30. The third kappa shape index (κ3) is 4.60. The molecule has 1 fully saturated rings. The zero-order valence-electron chi connectivity index (χ0n) is 19.1. The second-order valence-electron chi connectivity index (χ2n) is 8.16. The summed E-state index contributed by atoms with van der Waals surface area (Å²) in [5, 5.41) is 4.31. The predicted octanol–water partition coefficient (Wildman–Crippen LogP) is 4.75. The van der Waals surface area contributed by atoms with E-state index in [2.05, 4.69) is 10.1 Å². The largest absolute Gasteiger partial charge is 0.449 e. The summed E-state index contributed by atoms with van der Waals surface area (Å²) in [6, 6.07) is 2.94. The minimum Gasteiger partial charge on any atom is -0.449 e. The topological polar surface area (TPSA) is 99.7 Å². The van der Waals surface area contributed by atoms with Crippen LogP contribution in [0, 0.1) is 0 Å². The zero-order valence-corrected chi connectivity index (χ0v) is 19.8. The van der Waals surface area contributed by atoms with E-state index in [-0.39, 0.29) is 41.5 Å². The molecule has 1 saturated heterocycles. The lowest BCUT2D eigenvalue weighted by molar-refractivity contribution is -0.0485. The number of carbonyl (C=O) groups excluding carboxylic acids is 2. The quantitative estimate of drug-likeness (QED) is 0.375. The van der Waals surface area contributed by atoms with Crippen LogP contribution in [-0.4, -0.2) is 51.5 Å². The Morgan fingerprint density at radius 1 is 1.30 bits per heavy atom. The Kier molecular flexibility index (Phi) is 6.71. The predicted molar refractivity (Wildman–Crippen MR) is 123 cm³/mol. The van der Waals surface area contributed by atoms with Crippen LogP contribution in [0.15, 0.2) is 28.9 Å². The van der Waals surface area contributed by atoms with Crippen LogP contribution in [0.2, 0.25) is 5.15 Å². The third-order valence-electron chi connectivity index (χ3n) is 5.74. The molecule has 4 rings (SSSR count). The van der Waals surface area contributed by atoms with E-state index in [4.69, 9.17) is 25.5 Å². The van der Waals surface area contributed by atoms with Gasteiger partial charge in [-0.2, -0.15) is 5.10 Å². The van der Waals surface area contributed by atoms with Crippen molar-refractivity contribution in [3.05, 3.63) is 41.0 Å². The number of anilines is 1. The van der Waals surface area contributed by atoms with Gasteiger partial charge in [-0.15, -0.1) is 0 Å². The molecule has 3 aromatic heterocycles. The van der Waals surface area contributed by atoms with Gasteiger partial charge >= 0.3 is 6.09 Å². The first-order chi connectivity index (χ1) is 15.8. The summed E-state index contributed by atoms with van der Waals surface area (Å²) in [6.45, 7) is 5.94. The molecule has 33 heavy (non-hydrogen) atoms. The molecule has 4 heterocycles. The van der Waals surface area contributed by atoms with E-state index < -0.39 is 11.9 Å². The Balaban J connectivity index is 1.91. The highest BCUT2D eigenvalue weighted by Crippen LogP contribution is 2.39. The molecule has 0 saturated carbocycles. The van der Waals surface area contributed by atoms with Crippen LogP contribution in [0.5, 0.6) is 0 Å². The molecule has 9 nitrogen and oxygen atoms in total. The van der Waals surface area contributed by atoms with Crippen molar-refractivity contribution in [3.63, 3.8) is 0 Å². The zero-order chi connectivity index (χ0) is 23.7. The number of furan rings is 1. The van der Waals surface area contributed by atoms with Crippen LogP contribution in [0.1, 0.15) is 56.2 Å². The number of aryl methyl sites for hydroxylation is 1. The van der Waals surface area contributed by atoms with Crippen LogP contribution < -0.4 is 4.90 Å². The number of rotatable bonds is 6. The highest BCUT2D eigenvalue weighted by molar-refractivity contribution is 6.30. The molecule has 0 N–H and O–H groups in total. The van der Waals surface area contributed by atoms with E-state index in [9.17, 15) is 9.59 Å². The van der Waals surface area contributed by atoms with Crippen molar-refractivity contribution < 1.29 is 23.5 Å². The summed E-state index contributed by atoms with van der Waals surface area (Å²) in [7, 11) is 1.72. The molecule has 0 spiro atoms. The number of nitrogens with zero attached hydrogens (tertiary/aromatic N) is 4. The summed E-state index contributed by atoms with van der Waals surface area (Å²) >= 11 is 6.19. The molecule has 1 amide bonds. The molecule has 3 aromatic rings. The van der Waals surface area contributed by atoms with Gasteiger partial charge in [-0.05, 0) is 45.2 Å². The average Bonchev–Trinajstić information content (AvgIpc) is 3.37. The van der Waals surface area contributed by atoms with Gasteiger partial charge in [-0.3, -0.25) is 14.4 Å². The Hall–Kier alpha value is -2.91. The van der Waals surface area contributed by atoms with E-state index in [1.54, 1.807) is 32.3 Å². The maximum absolute atomic E-state index is 13.5. The Labute approximate surface area is 196 Å². The van der Waals surface area contributed by atoms with Gasteiger partial charge in [0.25, 0.3) is 0 Å². The maximum atomic E-state index is 13.5. The smallest absolute Gasteiger partial charge is 0.414 e. The minimum atomic E-state index is -0.573. The molecule has 0 aromatic carbocycles. The Morgan fingerprint density at radius 3 is 2.76 bits per heavy atom. The number of hydrogen-bond donors (Lipinski definition) is 0. The minimum absolute atomic E-state index is 0.00647. The lowest BCUT2D eigenvalue weighted by Crippen LogP contribution is -2.48. The van der Waals surface area contributed by atoms with Crippen molar-refractivity contribution in [2.45, 2.75) is 58.3 Å². The van der Waals surface area contributed by atoms with Crippen molar-refractivity contribution in [2.24, 2.45) is 7.05 Å². The first kappa shape index (κ1) is 23.3. The number of amides is 1. The van der Waals surface area contributed by atoms with E-state index in [1.807, 2.05) is 13.8 Å². The number of aromatic nitrogens is 3. The molecule has 0 radical (unpaired) electrons. The Morgan fingerprint density at radius 2 is 2.09 bits per heavy atom. The van der Waals surface area contributed by atoms with Crippen LogP contribution >= 0.6 is 11.6 Å². The van der Waals surface area contributed by atoms with Crippen molar-refractivity contribution in [1.82, 2.24) is 14.8 Å². The first-order valence-electron chi connectivity index (χ1n) is 11.1. The normalized spacial score (nSPS) is 20.7. The fourth-order valence-corrected chi connectivity index (χ4v) is 4.45. The number of halogens is 1. The second kappa shape index (κ2) is 9.52. The number of ether oxygens (including phenoxy) is 2. The van der Waals surface area contributed by atoms with E-state index in [0.717, 1.165) is 6.42 Å². The number of ketones is 1. The van der Waals surface area contributed by atoms with Gasteiger partial charge in [0.2, 0.25) is 11.5 Å². The summed E-state index contributed by atoms with van der Waals surface area (Å²) < 4.78 is 18.9. The van der Waals surface area contributed by atoms with Crippen molar-refractivity contribution >= 4 is 40.3 Å².